The van der Waals surface area contributed by atoms with Gasteiger partial charge in [0, 0.05) is 31.1 Å². The van der Waals surface area contributed by atoms with Gasteiger partial charge in [0.2, 0.25) is 0 Å². The van der Waals surface area contributed by atoms with Crippen LogP contribution in [0.15, 0.2) is 53.3 Å². The van der Waals surface area contributed by atoms with Crippen molar-refractivity contribution < 1.29 is 13.9 Å². The molecule has 0 radical (unpaired) electrons. The summed E-state index contributed by atoms with van der Waals surface area (Å²) in [7, 11) is 3.24. The Morgan fingerprint density at radius 3 is 2.73 bits per heavy atom. The zero-order valence-electron chi connectivity index (χ0n) is 17.0. The summed E-state index contributed by atoms with van der Waals surface area (Å²) in [5.74, 6) is 3.02. The Morgan fingerprint density at radius 2 is 2.00 bits per heavy atom. The number of aryl methyl sites for hydroxylation is 1. The minimum absolute atomic E-state index is 0.487. The Balaban J connectivity index is 1.74. The van der Waals surface area contributed by atoms with Gasteiger partial charge in [-0.3, -0.25) is 0 Å². The van der Waals surface area contributed by atoms with E-state index in [1.807, 2.05) is 36.4 Å². The largest absolute Gasteiger partial charge is 0.493 e. The zero-order valence-corrected chi connectivity index (χ0v) is 17.0. The van der Waals surface area contributed by atoms with Crippen LogP contribution in [-0.4, -0.2) is 28.8 Å². The van der Waals surface area contributed by atoms with E-state index in [0.717, 1.165) is 34.6 Å². The average Bonchev–Trinajstić information content (AvgIpc) is 3.42. The van der Waals surface area contributed by atoms with Crippen molar-refractivity contribution >= 4 is 11.2 Å². The number of furan rings is 1. The Morgan fingerprint density at radius 1 is 1.13 bits per heavy atom. The van der Waals surface area contributed by atoms with Crippen LogP contribution in [0.2, 0.25) is 0 Å². The van der Waals surface area contributed by atoms with E-state index < -0.39 is 0 Å². The molecule has 7 nitrogen and oxygen atoms in total. The van der Waals surface area contributed by atoms with E-state index >= 15 is 0 Å². The van der Waals surface area contributed by atoms with E-state index in [-0.39, 0.29) is 0 Å². The summed E-state index contributed by atoms with van der Waals surface area (Å²) < 4.78 is 18.4. The van der Waals surface area contributed by atoms with Crippen molar-refractivity contribution in [2.45, 2.75) is 25.8 Å². The van der Waals surface area contributed by atoms with Crippen LogP contribution < -0.4 is 9.47 Å². The number of nitriles is 1. The highest BCUT2D eigenvalue weighted by molar-refractivity contribution is 5.77. The number of aromatic nitrogens is 3. The third kappa shape index (κ3) is 3.85. The lowest BCUT2D eigenvalue weighted by Crippen LogP contribution is -2.05. The lowest BCUT2D eigenvalue weighted by atomic mass is 10.1. The van der Waals surface area contributed by atoms with Gasteiger partial charge in [0.1, 0.15) is 11.6 Å². The molecule has 30 heavy (non-hydrogen) atoms. The Kier molecular flexibility index (Phi) is 5.66. The Bertz CT molecular complexity index is 1190. The molecule has 0 unspecified atom stereocenters. The molecule has 0 fully saturated rings. The van der Waals surface area contributed by atoms with E-state index in [0.29, 0.717) is 36.5 Å². The minimum Gasteiger partial charge on any atom is -0.493 e. The molecule has 1 aromatic carbocycles. The van der Waals surface area contributed by atoms with Gasteiger partial charge >= 0.3 is 0 Å². The van der Waals surface area contributed by atoms with E-state index in [1.54, 1.807) is 26.7 Å². The minimum atomic E-state index is 0.487. The van der Waals surface area contributed by atoms with Gasteiger partial charge in [-0.2, -0.15) is 5.26 Å². The molecule has 7 heteroatoms. The van der Waals surface area contributed by atoms with Gasteiger partial charge in [0.25, 0.3) is 0 Å². The normalized spacial score (nSPS) is 10.8. The first-order chi connectivity index (χ1) is 14.7. The third-order valence-corrected chi connectivity index (χ3v) is 4.97. The fourth-order valence-corrected chi connectivity index (χ4v) is 3.50. The van der Waals surface area contributed by atoms with Gasteiger partial charge in [-0.05, 0) is 42.3 Å². The second kappa shape index (κ2) is 8.70. The number of ether oxygens (including phenoxy) is 2. The molecule has 0 saturated carbocycles. The molecule has 0 spiro atoms. The monoisotopic (exact) mass is 402 g/mol. The molecule has 0 amide bonds. The van der Waals surface area contributed by atoms with Gasteiger partial charge in [-0.15, -0.1) is 0 Å². The predicted molar refractivity (Wildman–Crippen MR) is 112 cm³/mol. The Labute approximate surface area is 174 Å². The van der Waals surface area contributed by atoms with Crippen molar-refractivity contribution in [3.05, 3.63) is 60.2 Å². The van der Waals surface area contributed by atoms with Gasteiger partial charge in [0.15, 0.2) is 17.1 Å². The van der Waals surface area contributed by atoms with E-state index in [4.69, 9.17) is 24.1 Å². The van der Waals surface area contributed by atoms with E-state index in [9.17, 15) is 0 Å². The van der Waals surface area contributed by atoms with Crippen molar-refractivity contribution in [1.29, 1.82) is 5.26 Å². The van der Waals surface area contributed by atoms with Crippen molar-refractivity contribution in [3.63, 3.8) is 0 Å². The SMILES string of the molecule is COc1ccc(Cc2nc3ncc(-c4ccco4)cc3n2CCCC#N)cc1OC. The molecule has 0 atom stereocenters. The Hall–Kier alpha value is -3.79. The zero-order chi connectivity index (χ0) is 20.9. The first-order valence-electron chi connectivity index (χ1n) is 9.70. The summed E-state index contributed by atoms with van der Waals surface area (Å²) >= 11 is 0. The first kappa shape index (κ1) is 19.5. The number of unbranched alkanes of at least 4 members (excludes halogenated alkanes) is 1. The highest BCUT2D eigenvalue weighted by atomic mass is 16.5. The van der Waals surface area contributed by atoms with Crippen LogP contribution >= 0.6 is 0 Å². The number of imidazole rings is 1. The number of pyridine rings is 1. The standard InChI is InChI=1S/C23H22N4O3/c1-28-20-8-7-16(12-21(20)29-2)13-22-26-23-18(27(22)10-4-3-9-24)14-17(15-25-23)19-6-5-11-30-19/h5-8,11-12,14-15H,3-4,10,13H2,1-2H3. The van der Waals surface area contributed by atoms with E-state index in [1.165, 1.54) is 0 Å². The molecule has 0 aliphatic heterocycles. The number of hydrogen-bond acceptors (Lipinski definition) is 6. The molecule has 0 aliphatic rings. The smallest absolute Gasteiger partial charge is 0.177 e. The van der Waals surface area contributed by atoms with Crippen molar-refractivity contribution in [3.8, 4) is 28.9 Å². The average molecular weight is 402 g/mol. The molecule has 4 rings (SSSR count). The lowest BCUT2D eigenvalue weighted by Gasteiger charge is -2.11. The van der Waals surface area contributed by atoms with Gasteiger partial charge < -0.3 is 18.5 Å². The molecule has 0 bridgehead atoms. The molecule has 3 aromatic heterocycles. The van der Waals surface area contributed by atoms with Crippen LogP contribution in [0.3, 0.4) is 0 Å². The number of nitrogens with zero attached hydrogens (tertiary/aromatic N) is 4. The van der Waals surface area contributed by atoms with Crippen LogP contribution in [0, 0.1) is 11.3 Å². The second-order valence-electron chi connectivity index (χ2n) is 6.85. The molecule has 3 heterocycles. The summed E-state index contributed by atoms with van der Waals surface area (Å²) in [5.41, 5.74) is 3.55. The number of fused-ring (bicyclic) bond motifs is 1. The number of hydrogen-bond donors (Lipinski definition) is 0. The summed E-state index contributed by atoms with van der Waals surface area (Å²) in [6.45, 7) is 0.690. The molecular formula is C23H22N4O3. The highest BCUT2D eigenvalue weighted by Crippen LogP contribution is 2.29. The fraction of sp³-hybridized carbons (Fsp3) is 0.261. The van der Waals surface area contributed by atoms with Gasteiger partial charge in [-0.25, -0.2) is 9.97 Å². The number of rotatable bonds is 8. The first-order valence-corrected chi connectivity index (χ1v) is 9.70. The highest BCUT2D eigenvalue weighted by Gasteiger charge is 2.15. The molecule has 0 N–H and O–H groups in total. The predicted octanol–water partition coefficient (Wildman–Crippen LogP) is 4.60. The van der Waals surface area contributed by atoms with Gasteiger partial charge in [0.05, 0.1) is 32.1 Å². The van der Waals surface area contributed by atoms with Crippen molar-refractivity contribution in [1.82, 2.24) is 14.5 Å². The summed E-state index contributed by atoms with van der Waals surface area (Å²) in [6.07, 6.45) is 5.26. The van der Waals surface area contributed by atoms with Crippen LogP contribution in [0.1, 0.15) is 24.2 Å². The summed E-state index contributed by atoms with van der Waals surface area (Å²) in [6, 6.07) is 13.9. The summed E-state index contributed by atoms with van der Waals surface area (Å²) in [5, 5.41) is 8.96. The van der Waals surface area contributed by atoms with Crippen LogP contribution in [0.5, 0.6) is 11.5 Å². The maximum absolute atomic E-state index is 8.96. The third-order valence-electron chi connectivity index (χ3n) is 4.97. The molecule has 152 valence electrons. The maximum atomic E-state index is 8.96. The number of benzene rings is 1. The van der Waals surface area contributed by atoms with Crippen LogP contribution in [0.4, 0.5) is 0 Å². The summed E-state index contributed by atoms with van der Waals surface area (Å²) in [4.78, 5) is 9.32. The molecular weight excluding hydrogens is 380 g/mol. The topological polar surface area (TPSA) is 86.1 Å². The fourth-order valence-electron chi connectivity index (χ4n) is 3.50. The van der Waals surface area contributed by atoms with Crippen LogP contribution in [-0.2, 0) is 13.0 Å². The molecule has 0 aliphatic carbocycles. The molecule has 4 aromatic rings. The van der Waals surface area contributed by atoms with Crippen LogP contribution in [0.25, 0.3) is 22.5 Å². The van der Waals surface area contributed by atoms with Crippen molar-refractivity contribution in [2.24, 2.45) is 0 Å². The van der Waals surface area contributed by atoms with E-state index in [2.05, 4.69) is 15.6 Å². The quantitative estimate of drug-likeness (QED) is 0.400. The van der Waals surface area contributed by atoms with Crippen molar-refractivity contribution in [2.75, 3.05) is 14.2 Å². The number of methoxy groups -OCH3 is 2. The lowest BCUT2D eigenvalue weighted by molar-refractivity contribution is 0.354. The van der Waals surface area contributed by atoms with Gasteiger partial charge in [-0.1, -0.05) is 6.07 Å². The molecule has 0 saturated heterocycles. The maximum Gasteiger partial charge on any atom is 0.177 e. The second-order valence-corrected chi connectivity index (χ2v) is 6.85.